The van der Waals surface area contributed by atoms with Crippen LogP contribution in [0, 0.1) is 0 Å². The van der Waals surface area contributed by atoms with Crippen LogP contribution >= 0.6 is 0 Å². The summed E-state index contributed by atoms with van der Waals surface area (Å²) >= 11 is 0. The van der Waals surface area contributed by atoms with Gasteiger partial charge in [-0.1, -0.05) is 86.1 Å². The van der Waals surface area contributed by atoms with Gasteiger partial charge in [-0.25, -0.2) is 0 Å². The van der Waals surface area contributed by atoms with Gasteiger partial charge in [-0.2, -0.15) is 0 Å². The third kappa shape index (κ3) is 4.13. The first kappa shape index (κ1) is 15.2. The van der Waals surface area contributed by atoms with Crippen molar-refractivity contribution in [3.63, 3.8) is 0 Å². The maximum atomic E-state index is 2.48. The predicted octanol–water partition coefficient (Wildman–Crippen LogP) is 5.06. The van der Waals surface area contributed by atoms with E-state index in [2.05, 4.69) is 63.3 Å². The molecule has 0 N–H and O–H groups in total. The average Bonchev–Trinajstić information content (AvgIpc) is 2.39. The van der Waals surface area contributed by atoms with Crippen LogP contribution in [-0.2, 0) is 0 Å². The van der Waals surface area contributed by atoms with Crippen molar-refractivity contribution >= 4 is 13.3 Å². The monoisotopic (exact) mass is 260 g/mol. The SMILES string of the molecule is C/C=C(\CCCCCC)[Si](C)(C)c1ccccc1. The number of benzene rings is 1. The van der Waals surface area contributed by atoms with Crippen LogP contribution in [0.15, 0.2) is 41.6 Å². The van der Waals surface area contributed by atoms with Crippen molar-refractivity contribution in [3.05, 3.63) is 41.6 Å². The van der Waals surface area contributed by atoms with E-state index in [4.69, 9.17) is 0 Å². The molecular weight excluding hydrogens is 232 g/mol. The minimum absolute atomic E-state index is 1.30. The molecule has 0 saturated heterocycles. The molecule has 0 radical (unpaired) electrons. The molecule has 1 aromatic carbocycles. The summed E-state index contributed by atoms with van der Waals surface area (Å²) in [6.07, 6.45) is 9.12. The highest BCUT2D eigenvalue weighted by Gasteiger charge is 2.26. The van der Waals surface area contributed by atoms with Crippen LogP contribution in [0.1, 0.15) is 46.0 Å². The van der Waals surface area contributed by atoms with E-state index in [1.165, 1.54) is 32.1 Å². The van der Waals surface area contributed by atoms with Crippen molar-refractivity contribution in [1.29, 1.82) is 0 Å². The quantitative estimate of drug-likeness (QED) is 0.475. The Hall–Kier alpha value is -0.823. The van der Waals surface area contributed by atoms with Gasteiger partial charge >= 0.3 is 0 Å². The minimum atomic E-state index is -1.41. The van der Waals surface area contributed by atoms with Gasteiger partial charge < -0.3 is 0 Å². The number of rotatable bonds is 7. The molecule has 1 heteroatoms. The van der Waals surface area contributed by atoms with Crippen LogP contribution in [0.3, 0.4) is 0 Å². The Morgan fingerprint density at radius 1 is 1.06 bits per heavy atom. The molecule has 0 spiro atoms. The van der Waals surface area contributed by atoms with Crippen LogP contribution in [0.5, 0.6) is 0 Å². The molecule has 1 aromatic rings. The van der Waals surface area contributed by atoms with Crippen LogP contribution in [-0.4, -0.2) is 8.07 Å². The van der Waals surface area contributed by atoms with Gasteiger partial charge in [0.2, 0.25) is 0 Å². The molecule has 0 unspecified atom stereocenters. The van der Waals surface area contributed by atoms with Crippen molar-refractivity contribution < 1.29 is 0 Å². The molecule has 100 valence electrons. The van der Waals surface area contributed by atoms with Crippen molar-refractivity contribution in [2.24, 2.45) is 0 Å². The van der Waals surface area contributed by atoms with Crippen LogP contribution in [0.2, 0.25) is 13.1 Å². The molecule has 0 amide bonds. The van der Waals surface area contributed by atoms with E-state index in [-0.39, 0.29) is 0 Å². The first-order chi connectivity index (χ1) is 8.62. The molecule has 0 aliphatic heterocycles. The topological polar surface area (TPSA) is 0 Å². The summed E-state index contributed by atoms with van der Waals surface area (Å²) in [5, 5.41) is 3.28. The maximum Gasteiger partial charge on any atom is 0.107 e. The zero-order valence-corrected chi connectivity index (χ0v) is 13.5. The second kappa shape index (κ2) is 7.58. The standard InChI is InChI=1S/C17H28Si/c1-5-7-8-10-13-16(6-2)18(3,4)17-14-11-9-12-15-17/h6,9,11-12,14-15H,5,7-8,10,13H2,1-4H3/b16-6+. The lowest BCUT2D eigenvalue weighted by molar-refractivity contribution is 0.670. The summed E-state index contributed by atoms with van der Waals surface area (Å²) in [5.41, 5.74) is 0. The highest BCUT2D eigenvalue weighted by atomic mass is 28.3. The molecule has 18 heavy (non-hydrogen) atoms. The van der Waals surface area contributed by atoms with Crippen molar-refractivity contribution in [2.75, 3.05) is 0 Å². The lowest BCUT2D eigenvalue weighted by Gasteiger charge is -2.27. The largest absolute Gasteiger partial charge is 0.107 e. The molecule has 0 bridgehead atoms. The zero-order valence-electron chi connectivity index (χ0n) is 12.5. The van der Waals surface area contributed by atoms with Crippen molar-refractivity contribution in [2.45, 2.75) is 59.0 Å². The van der Waals surface area contributed by atoms with Gasteiger partial charge in [0.05, 0.1) is 0 Å². The van der Waals surface area contributed by atoms with E-state index in [1.54, 1.807) is 10.4 Å². The maximum absolute atomic E-state index is 2.48. The summed E-state index contributed by atoms with van der Waals surface area (Å²) in [7, 11) is -1.41. The lowest BCUT2D eigenvalue weighted by atomic mass is 10.1. The van der Waals surface area contributed by atoms with E-state index in [0.29, 0.717) is 0 Å². The summed E-state index contributed by atoms with van der Waals surface area (Å²) in [6.45, 7) is 9.46. The van der Waals surface area contributed by atoms with Crippen LogP contribution in [0.25, 0.3) is 0 Å². The third-order valence-corrected chi connectivity index (χ3v) is 7.87. The summed E-state index contributed by atoms with van der Waals surface area (Å²) in [6, 6.07) is 11.1. The molecule has 0 aliphatic carbocycles. The molecule has 0 nitrogen and oxygen atoms in total. The highest BCUT2D eigenvalue weighted by molar-refractivity contribution is 6.95. The zero-order chi connectivity index (χ0) is 13.4. The van der Waals surface area contributed by atoms with Gasteiger partial charge in [0, 0.05) is 0 Å². The fraction of sp³-hybridized carbons (Fsp3) is 0.529. The normalized spacial score (nSPS) is 12.8. The molecule has 0 heterocycles. The van der Waals surface area contributed by atoms with E-state index in [0.717, 1.165) is 0 Å². The Labute approximate surface area is 114 Å². The Balaban J connectivity index is 2.69. The molecule has 0 aromatic heterocycles. The molecule has 0 atom stereocenters. The molecule has 1 rings (SSSR count). The van der Waals surface area contributed by atoms with Gasteiger partial charge in [-0.05, 0) is 19.8 Å². The first-order valence-corrected chi connectivity index (χ1v) is 10.3. The highest BCUT2D eigenvalue weighted by Crippen LogP contribution is 2.21. The Kier molecular flexibility index (Phi) is 6.41. The van der Waals surface area contributed by atoms with Crippen molar-refractivity contribution in [1.82, 2.24) is 0 Å². The van der Waals surface area contributed by atoms with E-state index in [9.17, 15) is 0 Å². The smallest absolute Gasteiger partial charge is 0.0919 e. The number of allylic oxidation sites excluding steroid dienone is 2. The van der Waals surface area contributed by atoms with Gasteiger partial charge in [0.25, 0.3) is 0 Å². The fourth-order valence-electron chi connectivity index (χ4n) is 2.60. The van der Waals surface area contributed by atoms with Crippen LogP contribution < -0.4 is 5.19 Å². The number of unbranched alkanes of at least 4 members (excludes halogenated alkanes) is 3. The Morgan fingerprint density at radius 2 is 1.72 bits per heavy atom. The molecule has 0 saturated carbocycles. The Bertz CT molecular complexity index is 362. The van der Waals surface area contributed by atoms with Crippen molar-refractivity contribution in [3.8, 4) is 0 Å². The summed E-state index contributed by atoms with van der Waals surface area (Å²) in [5.74, 6) is 0. The molecular formula is C17H28Si. The molecule has 0 fully saturated rings. The summed E-state index contributed by atoms with van der Waals surface area (Å²) < 4.78 is 0. The minimum Gasteiger partial charge on any atom is -0.0919 e. The third-order valence-electron chi connectivity index (χ3n) is 3.95. The van der Waals surface area contributed by atoms with Gasteiger partial charge in [0.15, 0.2) is 0 Å². The average molecular weight is 260 g/mol. The van der Waals surface area contributed by atoms with Gasteiger partial charge in [0.1, 0.15) is 8.07 Å². The fourth-order valence-corrected chi connectivity index (χ4v) is 5.52. The van der Waals surface area contributed by atoms with Gasteiger partial charge in [-0.3, -0.25) is 0 Å². The van der Waals surface area contributed by atoms with E-state index in [1.807, 2.05) is 0 Å². The summed E-state index contributed by atoms with van der Waals surface area (Å²) in [4.78, 5) is 0. The van der Waals surface area contributed by atoms with E-state index >= 15 is 0 Å². The van der Waals surface area contributed by atoms with E-state index < -0.39 is 8.07 Å². The van der Waals surface area contributed by atoms with Crippen LogP contribution in [0.4, 0.5) is 0 Å². The lowest BCUT2D eigenvalue weighted by Crippen LogP contribution is -2.43. The predicted molar refractivity (Wildman–Crippen MR) is 86.1 cm³/mol. The molecule has 0 aliphatic rings. The first-order valence-electron chi connectivity index (χ1n) is 7.34. The number of hydrogen-bond donors (Lipinski definition) is 0. The second-order valence-corrected chi connectivity index (χ2v) is 10.1. The number of hydrogen-bond acceptors (Lipinski definition) is 0. The second-order valence-electron chi connectivity index (χ2n) is 5.62. The Morgan fingerprint density at radius 3 is 2.28 bits per heavy atom. The van der Waals surface area contributed by atoms with Gasteiger partial charge in [-0.15, -0.1) is 0 Å².